The third kappa shape index (κ3) is 3.36. The van der Waals surface area contributed by atoms with Crippen molar-refractivity contribution in [3.05, 3.63) is 72.3 Å². The molecule has 0 radical (unpaired) electrons. The Kier molecular flexibility index (Phi) is 5.61. The fourth-order valence-corrected chi connectivity index (χ4v) is 6.35. The van der Waals surface area contributed by atoms with E-state index in [-0.39, 0.29) is 27.4 Å². The first-order valence-corrected chi connectivity index (χ1v) is 11.6. The van der Waals surface area contributed by atoms with Crippen LogP contribution in [0.15, 0.2) is 61.2 Å². The average Bonchev–Trinajstić information content (AvgIpc) is 2.69. The summed E-state index contributed by atoms with van der Waals surface area (Å²) in [5.74, 6) is -2.00. The van der Waals surface area contributed by atoms with Crippen molar-refractivity contribution in [3.63, 3.8) is 0 Å². The molecule has 0 bridgehead atoms. The summed E-state index contributed by atoms with van der Waals surface area (Å²) in [6.07, 6.45) is 2.65. The lowest BCUT2D eigenvalue weighted by Crippen LogP contribution is -2.44. The highest BCUT2D eigenvalue weighted by molar-refractivity contribution is 9.13. The predicted molar refractivity (Wildman–Crippen MR) is 119 cm³/mol. The Balaban J connectivity index is 2.09. The lowest BCUT2D eigenvalue weighted by molar-refractivity contribution is -0.255. The zero-order valence-electron chi connectivity index (χ0n) is 14.2. The molecule has 0 aromatic heterocycles. The number of carbonyl (C=O) groups is 3. The highest BCUT2D eigenvalue weighted by Crippen LogP contribution is 2.50. The van der Waals surface area contributed by atoms with Crippen LogP contribution in [-0.4, -0.2) is 28.5 Å². The number of allylic oxidation sites excluding steroid dienone is 4. The Bertz CT molecular complexity index is 1110. The second-order valence-corrected chi connectivity index (χ2v) is 10.0. The molecule has 0 spiro atoms. The van der Waals surface area contributed by atoms with Gasteiger partial charge in [-0.1, -0.05) is 46.3 Å². The normalized spacial score (nSPS) is 26.4. The minimum Gasteiger partial charge on any atom is -0.545 e. The number of rotatable bonds is 2. The van der Waals surface area contributed by atoms with Crippen LogP contribution in [0, 0.1) is 5.92 Å². The van der Waals surface area contributed by atoms with E-state index in [1.54, 1.807) is 30.4 Å². The third-order valence-corrected chi connectivity index (χ3v) is 7.80. The van der Waals surface area contributed by atoms with Gasteiger partial charge in [0.2, 0.25) is 5.78 Å². The molecular weight excluding hydrogens is 640 g/mol. The van der Waals surface area contributed by atoms with Gasteiger partial charge in [0.05, 0.1) is 14.9 Å². The Hall–Kier alpha value is -1.29. The van der Waals surface area contributed by atoms with Gasteiger partial charge in [-0.05, 0) is 65.0 Å². The van der Waals surface area contributed by atoms with E-state index < -0.39 is 22.8 Å². The standard InChI is InChI=1S/C20H10Br4O5/c21-11-5-9-13(7-3-1-2-4-8(7)20(27)28)10-6-12(22)17(26)15(24)19(10)29-18(9)14(23)16(11)25/h1-6,9,14,18H,(H,27,28)/p-1. The molecule has 3 aliphatic rings. The zero-order valence-corrected chi connectivity index (χ0v) is 20.6. The van der Waals surface area contributed by atoms with E-state index in [4.69, 9.17) is 4.74 Å². The first-order chi connectivity index (χ1) is 13.7. The molecule has 29 heavy (non-hydrogen) atoms. The summed E-state index contributed by atoms with van der Waals surface area (Å²) in [4.78, 5) is 36.0. The summed E-state index contributed by atoms with van der Waals surface area (Å²) in [6.45, 7) is 0. The number of halogens is 4. The topological polar surface area (TPSA) is 83.5 Å². The lowest BCUT2D eigenvalue weighted by atomic mass is 9.76. The number of Topliss-reactive ketones (excluding diaryl/α,β-unsaturated/α-hetero) is 2. The van der Waals surface area contributed by atoms with E-state index in [2.05, 4.69) is 63.7 Å². The fourth-order valence-electron chi connectivity index (χ4n) is 3.61. The van der Waals surface area contributed by atoms with E-state index in [1.165, 1.54) is 6.07 Å². The zero-order chi connectivity index (χ0) is 21.0. The molecule has 1 heterocycles. The van der Waals surface area contributed by atoms with Crippen LogP contribution in [0.4, 0.5) is 0 Å². The fraction of sp³-hybridized carbons (Fsp3) is 0.150. The lowest BCUT2D eigenvalue weighted by Gasteiger charge is -2.41. The van der Waals surface area contributed by atoms with Gasteiger partial charge in [0, 0.05) is 17.1 Å². The molecule has 2 aliphatic carbocycles. The molecule has 9 heteroatoms. The average molecular weight is 649 g/mol. The maximum Gasteiger partial charge on any atom is 0.210 e. The van der Waals surface area contributed by atoms with Gasteiger partial charge in [-0.25, -0.2) is 0 Å². The van der Waals surface area contributed by atoms with Crippen molar-refractivity contribution in [2.24, 2.45) is 5.92 Å². The van der Waals surface area contributed by atoms with Gasteiger partial charge in [-0.15, -0.1) is 0 Å². The molecule has 4 rings (SSSR count). The number of alkyl halides is 1. The molecule has 0 saturated heterocycles. The molecule has 3 atom stereocenters. The van der Waals surface area contributed by atoms with Crippen molar-refractivity contribution in [1.29, 1.82) is 0 Å². The van der Waals surface area contributed by atoms with Crippen LogP contribution < -0.4 is 5.11 Å². The molecule has 0 amide bonds. The van der Waals surface area contributed by atoms with Crippen LogP contribution >= 0.6 is 63.7 Å². The maximum atomic E-state index is 12.5. The number of fused-ring (bicyclic) bond motifs is 2. The highest BCUT2D eigenvalue weighted by Gasteiger charge is 2.47. The number of carbonyl (C=O) groups excluding carboxylic acids is 3. The van der Waals surface area contributed by atoms with E-state index >= 15 is 0 Å². The first kappa shape index (κ1) is 21.0. The maximum absolute atomic E-state index is 12.5. The van der Waals surface area contributed by atoms with Crippen molar-refractivity contribution >= 4 is 86.8 Å². The number of hydrogen-bond donors (Lipinski definition) is 0. The van der Waals surface area contributed by atoms with Crippen LogP contribution in [0.2, 0.25) is 0 Å². The number of benzene rings is 1. The summed E-state index contributed by atoms with van der Waals surface area (Å²) in [6, 6.07) is 6.49. The molecule has 1 aliphatic heterocycles. The monoisotopic (exact) mass is 645 g/mol. The quantitative estimate of drug-likeness (QED) is 0.455. The number of ether oxygens (including phenoxy) is 1. The Morgan fingerprint density at radius 1 is 1.07 bits per heavy atom. The van der Waals surface area contributed by atoms with Gasteiger partial charge >= 0.3 is 0 Å². The van der Waals surface area contributed by atoms with Gasteiger partial charge in [-0.2, -0.15) is 0 Å². The smallest absolute Gasteiger partial charge is 0.210 e. The number of hydrogen-bond acceptors (Lipinski definition) is 5. The highest BCUT2D eigenvalue weighted by atomic mass is 79.9. The van der Waals surface area contributed by atoms with Gasteiger partial charge in [0.1, 0.15) is 21.2 Å². The molecule has 0 fully saturated rings. The van der Waals surface area contributed by atoms with Crippen molar-refractivity contribution < 1.29 is 24.2 Å². The van der Waals surface area contributed by atoms with Crippen LogP contribution in [0.1, 0.15) is 15.9 Å². The molecule has 5 nitrogen and oxygen atoms in total. The van der Waals surface area contributed by atoms with Gasteiger partial charge in [0.25, 0.3) is 0 Å². The van der Waals surface area contributed by atoms with Gasteiger partial charge < -0.3 is 14.6 Å². The van der Waals surface area contributed by atoms with Crippen molar-refractivity contribution in [3.8, 4) is 0 Å². The molecule has 3 unspecified atom stereocenters. The number of aromatic carboxylic acids is 1. The van der Waals surface area contributed by atoms with E-state index in [0.717, 1.165) is 0 Å². The molecule has 0 saturated carbocycles. The largest absolute Gasteiger partial charge is 0.545 e. The van der Waals surface area contributed by atoms with Crippen molar-refractivity contribution in [2.75, 3.05) is 0 Å². The first-order valence-electron chi connectivity index (χ1n) is 8.31. The van der Waals surface area contributed by atoms with Crippen molar-refractivity contribution in [2.45, 2.75) is 10.9 Å². The van der Waals surface area contributed by atoms with Crippen molar-refractivity contribution in [1.82, 2.24) is 0 Å². The molecular formula is C20H9Br4O5-. The summed E-state index contributed by atoms with van der Waals surface area (Å²) in [5.41, 5.74) is 1.64. The van der Waals surface area contributed by atoms with Gasteiger partial charge in [-0.3, -0.25) is 9.59 Å². The number of carboxylic acids is 1. The molecule has 148 valence electrons. The summed E-state index contributed by atoms with van der Waals surface area (Å²) >= 11 is 13.3. The van der Waals surface area contributed by atoms with Crippen LogP contribution in [-0.2, 0) is 14.3 Å². The van der Waals surface area contributed by atoms with Crippen LogP contribution in [0.3, 0.4) is 0 Å². The summed E-state index contributed by atoms with van der Waals surface area (Å²) in [7, 11) is 0. The third-order valence-electron chi connectivity index (χ3n) is 4.90. The minimum atomic E-state index is -1.32. The Morgan fingerprint density at radius 2 is 1.76 bits per heavy atom. The predicted octanol–water partition coefficient (Wildman–Crippen LogP) is 3.91. The number of ketones is 2. The Morgan fingerprint density at radius 3 is 2.45 bits per heavy atom. The molecule has 1 aromatic carbocycles. The van der Waals surface area contributed by atoms with E-state index in [0.29, 0.717) is 25.7 Å². The molecule has 0 N–H and O–H groups in total. The van der Waals surface area contributed by atoms with E-state index in [1.807, 2.05) is 0 Å². The second-order valence-electron chi connectivity index (χ2n) is 6.51. The number of carboxylic acid groups (broad SMARTS) is 1. The Labute approximate surface area is 199 Å². The van der Waals surface area contributed by atoms with Crippen LogP contribution in [0.25, 0.3) is 5.57 Å². The van der Waals surface area contributed by atoms with E-state index in [9.17, 15) is 19.5 Å². The second kappa shape index (κ2) is 7.76. The summed E-state index contributed by atoms with van der Waals surface area (Å²) in [5, 5.41) is 11.8. The molecule has 1 aromatic rings. The summed E-state index contributed by atoms with van der Waals surface area (Å²) < 4.78 is 6.97. The minimum absolute atomic E-state index is 0.0140. The van der Waals surface area contributed by atoms with Gasteiger partial charge in [0.15, 0.2) is 5.78 Å². The van der Waals surface area contributed by atoms with Crippen LogP contribution in [0.5, 0.6) is 0 Å². The SMILES string of the molecule is O=C1C(Br)=CC2=C(c3ccccc3C(=O)[O-])C3C=C(Br)C(=O)C(Br)C3OC2=C1Br.